The summed E-state index contributed by atoms with van der Waals surface area (Å²) in [5, 5.41) is 0. The lowest BCUT2D eigenvalue weighted by molar-refractivity contribution is 1.17. The third-order valence-electron chi connectivity index (χ3n) is 1.87. The molecule has 0 amide bonds. The molecule has 0 aromatic heterocycles. The van der Waals surface area contributed by atoms with E-state index in [1.807, 2.05) is 37.3 Å². The van der Waals surface area contributed by atoms with E-state index in [1.165, 1.54) is 0 Å². The molecule has 0 saturated carbocycles. The highest BCUT2D eigenvalue weighted by Gasteiger charge is 2.04. The summed E-state index contributed by atoms with van der Waals surface area (Å²) in [6.45, 7) is 9.57. The molecule has 0 N–H and O–H groups in total. The molecule has 0 spiro atoms. The average Bonchev–Trinajstić information content (AvgIpc) is 2.30. The van der Waals surface area contributed by atoms with Crippen LogP contribution in [0.25, 0.3) is 0 Å². The molecule has 1 aliphatic heterocycles. The molecular formula is C13H15NS. The molecule has 2 heteroatoms. The molecule has 0 aliphatic carbocycles. The largest absolute Gasteiger partial charge is 0.268 e. The van der Waals surface area contributed by atoms with Crippen LogP contribution in [-0.4, -0.2) is 6.72 Å². The van der Waals surface area contributed by atoms with E-state index in [4.69, 9.17) is 0 Å². The van der Waals surface area contributed by atoms with Gasteiger partial charge in [0.05, 0.1) is 5.70 Å². The molecule has 1 nitrogen and oxygen atoms in total. The lowest BCUT2D eigenvalue weighted by Gasteiger charge is -2.05. The van der Waals surface area contributed by atoms with Gasteiger partial charge in [-0.1, -0.05) is 48.7 Å². The standard InChI is InChI=1S/C13H15NS/c1-4-8-13-12(14-3)10-7-5-6-9-11(2)15-13/h4-9H,2-3,10H2,1H3/b7-5-,8-4-,9-6-,13-12+. The van der Waals surface area contributed by atoms with E-state index in [-0.39, 0.29) is 0 Å². The van der Waals surface area contributed by atoms with E-state index in [0.717, 1.165) is 21.9 Å². The molecule has 0 atom stereocenters. The van der Waals surface area contributed by atoms with Crippen LogP contribution in [-0.2, 0) is 0 Å². The first-order chi connectivity index (χ1) is 7.27. The molecule has 0 saturated heterocycles. The van der Waals surface area contributed by atoms with Gasteiger partial charge in [-0.2, -0.15) is 0 Å². The minimum atomic E-state index is 0.813. The van der Waals surface area contributed by atoms with Crippen LogP contribution in [0.2, 0.25) is 0 Å². The van der Waals surface area contributed by atoms with Gasteiger partial charge in [0.15, 0.2) is 0 Å². The summed E-state index contributed by atoms with van der Waals surface area (Å²) in [4.78, 5) is 6.19. The van der Waals surface area contributed by atoms with Gasteiger partial charge in [-0.05, 0) is 19.7 Å². The zero-order chi connectivity index (χ0) is 11.1. The quantitative estimate of drug-likeness (QED) is 0.630. The summed E-state index contributed by atoms with van der Waals surface area (Å²) >= 11 is 1.63. The Labute approximate surface area is 95.7 Å². The maximum atomic E-state index is 4.06. The summed E-state index contributed by atoms with van der Waals surface area (Å²) in [6, 6.07) is 0. The Morgan fingerprint density at radius 3 is 2.93 bits per heavy atom. The monoisotopic (exact) mass is 217 g/mol. The summed E-state index contributed by atoms with van der Waals surface area (Å²) in [6.07, 6.45) is 12.9. The number of nitrogens with zero attached hydrogens (tertiary/aromatic N) is 1. The van der Waals surface area contributed by atoms with E-state index in [9.17, 15) is 0 Å². The minimum Gasteiger partial charge on any atom is -0.268 e. The molecule has 0 radical (unpaired) electrons. The number of allylic oxidation sites excluding steroid dienone is 6. The molecular weight excluding hydrogens is 202 g/mol. The minimum absolute atomic E-state index is 0.813. The number of hydrogen-bond acceptors (Lipinski definition) is 2. The van der Waals surface area contributed by atoms with Gasteiger partial charge in [0, 0.05) is 16.2 Å². The topological polar surface area (TPSA) is 12.4 Å². The van der Waals surface area contributed by atoms with Gasteiger partial charge in [0.25, 0.3) is 0 Å². The van der Waals surface area contributed by atoms with E-state index >= 15 is 0 Å². The van der Waals surface area contributed by atoms with Crippen molar-refractivity contribution in [2.45, 2.75) is 13.3 Å². The first-order valence-corrected chi connectivity index (χ1v) is 5.62. The fourth-order valence-corrected chi connectivity index (χ4v) is 2.08. The summed E-state index contributed by atoms with van der Waals surface area (Å²) in [5.41, 5.74) is 0.999. The van der Waals surface area contributed by atoms with Crippen LogP contribution >= 0.6 is 11.8 Å². The van der Waals surface area contributed by atoms with E-state index in [2.05, 4.69) is 24.4 Å². The van der Waals surface area contributed by atoms with Crippen LogP contribution in [0.5, 0.6) is 0 Å². The summed E-state index contributed by atoms with van der Waals surface area (Å²) < 4.78 is 0. The highest BCUT2D eigenvalue weighted by molar-refractivity contribution is 8.07. The third-order valence-corrected chi connectivity index (χ3v) is 2.86. The predicted molar refractivity (Wildman–Crippen MR) is 71.0 cm³/mol. The van der Waals surface area contributed by atoms with Crippen molar-refractivity contribution in [1.82, 2.24) is 0 Å². The van der Waals surface area contributed by atoms with Crippen molar-refractivity contribution in [3.05, 3.63) is 58.5 Å². The average molecular weight is 217 g/mol. The SMILES string of the molecule is C=N/C1=C(\C=C/C)SC(=C)/C=C\C=C/C1. The molecule has 0 bridgehead atoms. The highest BCUT2D eigenvalue weighted by Crippen LogP contribution is 2.31. The number of rotatable bonds is 2. The van der Waals surface area contributed by atoms with Crippen molar-refractivity contribution < 1.29 is 0 Å². The van der Waals surface area contributed by atoms with E-state index in [1.54, 1.807) is 11.8 Å². The zero-order valence-electron chi connectivity index (χ0n) is 8.94. The van der Waals surface area contributed by atoms with Gasteiger partial charge in [-0.15, -0.1) is 0 Å². The maximum absolute atomic E-state index is 4.06. The molecule has 1 rings (SSSR count). The van der Waals surface area contributed by atoms with Crippen LogP contribution < -0.4 is 0 Å². The molecule has 78 valence electrons. The van der Waals surface area contributed by atoms with Crippen molar-refractivity contribution in [3.63, 3.8) is 0 Å². The normalized spacial score (nSPS) is 26.9. The van der Waals surface area contributed by atoms with Crippen molar-refractivity contribution in [2.75, 3.05) is 0 Å². The van der Waals surface area contributed by atoms with Crippen molar-refractivity contribution in [3.8, 4) is 0 Å². The van der Waals surface area contributed by atoms with Gasteiger partial charge in [0.1, 0.15) is 0 Å². The molecule has 0 unspecified atom stereocenters. The van der Waals surface area contributed by atoms with Crippen LogP contribution in [0.3, 0.4) is 0 Å². The Morgan fingerprint density at radius 2 is 2.27 bits per heavy atom. The fourth-order valence-electron chi connectivity index (χ4n) is 1.18. The summed E-state index contributed by atoms with van der Waals surface area (Å²) in [5.74, 6) is 0. The first kappa shape index (κ1) is 11.8. The van der Waals surface area contributed by atoms with Gasteiger partial charge in [-0.25, -0.2) is 0 Å². The molecule has 15 heavy (non-hydrogen) atoms. The van der Waals surface area contributed by atoms with E-state index in [0.29, 0.717) is 0 Å². The first-order valence-electron chi connectivity index (χ1n) is 4.80. The Bertz CT molecular complexity index is 370. The van der Waals surface area contributed by atoms with Gasteiger partial charge in [0.2, 0.25) is 0 Å². The molecule has 0 aromatic rings. The molecule has 1 aliphatic rings. The van der Waals surface area contributed by atoms with Crippen LogP contribution in [0.15, 0.2) is 63.5 Å². The highest BCUT2D eigenvalue weighted by atomic mass is 32.2. The Morgan fingerprint density at radius 1 is 1.47 bits per heavy atom. The maximum Gasteiger partial charge on any atom is 0.0573 e. The van der Waals surface area contributed by atoms with Crippen molar-refractivity contribution in [2.24, 2.45) is 4.99 Å². The molecule has 0 fully saturated rings. The van der Waals surface area contributed by atoms with Gasteiger partial charge in [-0.3, -0.25) is 4.99 Å². The molecule has 1 heterocycles. The molecule has 0 aromatic carbocycles. The van der Waals surface area contributed by atoms with Gasteiger partial charge >= 0.3 is 0 Å². The predicted octanol–water partition coefficient (Wildman–Crippen LogP) is 4.24. The van der Waals surface area contributed by atoms with Gasteiger partial charge < -0.3 is 0 Å². The van der Waals surface area contributed by atoms with Crippen molar-refractivity contribution >= 4 is 18.5 Å². The lowest BCUT2D eigenvalue weighted by Crippen LogP contribution is -1.82. The zero-order valence-corrected chi connectivity index (χ0v) is 9.76. The fraction of sp³-hybridized carbons (Fsp3) is 0.154. The van der Waals surface area contributed by atoms with Crippen LogP contribution in [0.1, 0.15) is 13.3 Å². The van der Waals surface area contributed by atoms with E-state index < -0.39 is 0 Å². The Hall–Kier alpha value is -1.28. The second kappa shape index (κ2) is 6.25. The number of thioether (sulfide) groups is 1. The van der Waals surface area contributed by atoms with Crippen LogP contribution in [0.4, 0.5) is 0 Å². The third kappa shape index (κ3) is 3.76. The van der Waals surface area contributed by atoms with Crippen molar-refractivity contribution in [1.29, 1.82) is 0 Å². The Kier molecular flexibility index (Phi) is 4.91. The summed E-state index contributed by atoms with van der Waals surface area (Å²) in [7, 11) is 0. The smallest absolute Gasteiger partial charge is 0.0573 e. The second-order valence-electron chi connectivity index (χ2n) is 3.03. The number of aliphatic imine (C=N–C) groups is 1. The lowest BCUT2D eigenvalue weighted by atomic mass is 10.2. The second-order valence-corrected chi connectivity index (χ2v) is 4.20. The Balaban J connectivity index is 3.08. The number of hydrogen-bond donors (Lipinski definition) is 0. The van der Waals surface area contributed by atoms with Crippen LogP contribution in [0, 0.1) is 0 Å².